The molecule has 0 spiro atoms. The van der Waals surface area contributed by atoms with E-state index in [1.54, 1.807) is 0 Å². The number of benzene rings is 1. The Balaban J connectivity index is 1.62. The van der Waals surface area contributed by atoms with E-state index >= 15 is 0 Å². The van der Waals surface area contributed by atoms with Crippen molar-refractivity contribution in [3.8, 4) is 0 Å². The van der Waals surface area contributed by atoms with Crippen LogP contribution < -0.4 is 5.32 Å². The maximum Gasteiger partial charge on any atom is 0.157 e. The first-order chi connectivity index (χ1) is 7.92. The second kappa shape index (κ2) is 4.50. The normalized spacial score (nSPS) is 27.0. The molecule has 1 aromatic rings. The number of thioether (sulfide) groups is 1. The van der Waals surface area contributed by atoms with Crippen molar-refractivity contribution in [2.24, 2.45) is 10.9 Å². The van der Waals surface area contributed by atoms with Gasteiger partial charge in [-0.2, -0.15) is 0 Å². The van der Waals surface area contributed by atoms with Crippen molar-refractivity contribution in [1.29, 1.82) is 0 Å². The second-order valence-corrected chi connectivity index (χ2v) is 5.52. The fraction of sp³-hybridized carbons (Fsp3) is 0.462. The van der Waals surface area contributed by atoms with Crippen molar-refractivity contribution < 1.29 is 0 Å². The summed E-state index contributed by atoms with van der Waals surface area (Å²) in [5.41, 5.74) is 1.37. The molecule has 1 atom stereocenters. The third kappa shape index (κ3) is 2.40. The molecule has 2 nitrogen and oxygen atoms in total. The molecule has 1 saturated heterocycles. The van der Waals surface area contributed by atoms with Crippen molar-refractivity contribution in [3.63, 3.8) is 0 Å². The molecule has 1 aliphatic carbocycles. The second-order valence-electron chi connectivity index (χ2n) is 4.51. The van der Waals surface area contributed by atoms with Crippen LogP contribution in [0.1, 0.15) is 24.4 Å². The quantitative estimate of drug-likeness (QED) is 0.866. The molecular formula is C13H16N2S. The van der Waals surface area contributed by atoms with Crippen LogP contribution in [0.2, 0.25) is 0 Å². The molecular weight excluding hydrogens is 216 g/mol. The summed E-state index contributed by atoms with van der Waals surface area (Å²) in [7, 11) is 0. The largest absolute Gasteiger partial charge is 0.357 e. The Morgan fingerprint density at radius 1 is 1.25 bits per heavy atom. The Bertz CT molecular complexity index is 384. The topological polar surface area (TPSA) is 24.4 Å². The molecule has 0 radical (unpaired) electrons. The minimum Gasteiger partial charge on any atom is -0.357 e. The highest BCUT2D eigenvalue weighted by Crippen LogP contribution is 2.30. The summed E-state index contributed by atoms with van der Waals surface area (Å²) < 4.78 is 0. The molecule has 0 aromatic heterocycles. The number of nitrogens with zero attached hydrogens (tertiary/aromatic N) is 1. The van der Waals surface area contributed by atoms with Gasteiger partial charge in [0.25, 0.3) is 0 Å². The lowest BCUT2D eigenvalue weighted by molar-refractivity contribution is 0.744. The van der Waals surface area contributed by atoms with Gasteiger partial charge in [0.15, 0.2) is 5.17 Å². The summed E-state index contributed by atoms with van der Waals surface area (Å²) in [4.78, 5) is 4.63. The lowest BCUT2D eigenvalue weighted by atomic mass is 10.1. The van der Waals surface area contributed by atoms with Gasteiger partial charge in [-0.3, -0.25) is 4.99 Å². The number of amidine groups is 1. The molecule has 3 heteroatoms. The third-order valence-corrected chi connectivity index (χ3v) is 4.10. The fourth-order valence-electron chi connectivity index (χ4n) is 1.86. The van der Waals surface area contributed by atoms with Gasteiger partial charge in [-0.15, -0.1) is 0 Å². The maximum absolute atomic E-state index is 4.63. The van der Waals surface area contributed by atoms with Crippen LogP contribution in [0.3, 0.4) is 0 Å². The van der Waals surface area contributed by atoms with E-state index < -0.39 is 0 Å². The molecule has 0 bridgehead atoms. The molecule has 1 N–H and O–H groups in total. The smallest absolute Gasteiger partial charge is 0.157 e. The van der Waals surface area contributed by atoms with Gasteiger partial charge in [0.2, 0.25) is 0 Å². The number of hydrogen-bond donors (Lipinski definition) is 1. The Hall–Kier alpha value is -0.960. The van der Waals surface area contributed by atoms with E-state index in [4.69, 9.17) is 0 Å². The van der Waals surface area contributed by atoms with Gasteiger partial charge < -0.3 is 5.32 Å². The monoisotopic (exact) mass is 232 g/mol. The summed E-state index contributed by atoms with van der Waals surface area (Å²) in [5, 5.41) is 4.64. The van der Waals surface area contributed by atoms with Gasteiger partial charge in [0.05, 0.1) is 6.04 Å². The Morgan fingerprint density at radius 2 is 2.06 bits per heavy atom. The first-order valence-electron chi connectivity index (χ1n) is 5.90. The molecule has 1 saturated carbocycles. The standard InChI is InChI=1S/C13H16N2S/c1-2-4-11(5-3-1)12-9-16-13(15-12)14-8-10-6-7-10/h1-5,10,12H,6-9H2,(H,14,15). The van der Waals surface area contributed by atoms with Crippen LogP contribution in [0.4, 0.5) is 0 Å². The average Bonchev–Trinajstić information content (AvgIpc) is 3.05. The van der Waals surface area contributed by atoms with Crippen LogP contribution in [-0.2, 0) is 0 Å². The molecule has 84 valence electrons. The van der Waals surface area contributed by atoms with Gasteiger partial charge in [-0.05, 0) is 24.3 Å². The average molecular weight is 232 g/mol. The molecule has 3 rings (SSSR count). The van der Waals surface area contributed by atoms with E-state index in [0.717, 1.165) is 23.4 Å². The van der Waals surface area contributed by atoms with E-state index in [-0.39, 0.29) is 0 Å². The Labute approximate surface area is 101 Å². The first kappa shape index (κ1) is 10.2. The Kier molecular flexibility index (Phi) is 2.87. The maximum atomic E-state index is 4.63. The van der Waals surface area contributed by atoms with Crippen molar-refractivity contribution >= 4 is 16.9 Å². The molecule has 0 amide bonds. The highest BCUT2D eigenvalue weighted by Gasteiger charge is 2.24. The number of rotatable bonds is 3. The molecule has 2 fully saturated rings. The van der Waals surface area contributed by atoms with Crippen LogP contribution in [0.5, 0.6) is 0 Å². The number of aliphatic imine (C=N–C) groups is 1. The van der Waals surface area contributed by atoms with Gasteiger partial charge >= 0.3 is 0 Å². The Morgan fingerprint density at radius 3 is 2.81 bits per heavy atom. The zero-order chi connectivity index (χ0) is 10.8. The van der Waals surface area contributed by atoms with Crippen LogP contribution >= 0.6 is 11.8 Å². The van der Waals surface area contributed by atoms with Crippen LogP contribution in [0.15, 0.2) is 35.3 Å². The number of hydrogen-bond acceptors (Lipinski definition) is 2. The number of nitrogens with one attached hydrogen (secondary N) is 1. The van der Waals surface area contributed by atoms with Crippen molar-refractivity contribution in [2.45, 2.75) is 18.9 Å². The first-order valence-corrected chi connectivity index (χ1v) is 6.89. The highest BCUT2D eigenvalue weighted by atomic mass is 32.2. The zero-order valence-electron chi connectivity index (χ0n) is 9.23. The zero-order valence-corrected chi connectivity index (χ0v) is 10.0. The summed E-state index contributed by atoms with van der Waals surface area (Å²) in [6.45, 7) is 1.02. The predicted octanol–water partition coefficient (Wildman–Crippen LogP) is 2.83. The van der Waals surface area contributed by atoms with Crippen LogP contribution in [0.25, 0.3) is 0 Å². The van der Waals surface area contributed by atoms with Gasteiger partial charge in [-0.1, -0.05) is 42.1 Å². The molecule has 1 unspecified atom stereocenters. The lowest BCUT2D eigenvalue weighted by Gasteiger charge is -2.09. The van der Waals surface area contributed by atoms with Gasteiger partial charge in [0.1, 0.15) is 0 Å². The summed E-state index contributed by atoms with van der Waals surface area (Å²) in [6, 6.07) is 11.1. The van der Waals surface area contributed by atoms with Crippen molar-refractivity contribution in [3.05, 3.63) is 35.9 Å². The minimum atomic E-state index is 0.448. The SMILES string of the molecule is c1ccc(C2CSC(=NCC3CC3)N2)cc1. The molecule has 16 heavy (non-hydrogen) atoms. The van der Waals surface area contributed by atoms with E-state index in [9.17, 15) is 0 Å². The molecule has 1 aliphatic heterocycles. The third-order valence-electron chi connectivity index (χ3n) is 3.08. The summed E-state index contributed by atoms with van der Waals surface area (Å²) in [5.74, 6) is 1.98. The predicted molar refractivity (Wildman–Crippen MR) is 69.8 cm³/mol. The van der Waals surface area contributed by atoms with Crippen LogP contribution in [0, 0.1) is 5.92 Å². The van der Waals surface area contributed by atoms with Crippen molar-refractivity contribution in [1.82, 2.24) is 5.32 Å². The van der Waals surface area contributed by atoms with Gasteiger partial charge in [0, 0.05) is 12.3 Å². The van der Waals surface area contributed by atoms with Crippen molar-refractivity contribution in [2.75, 3.05) is 12.3 Å². The summed E-state index contributed by atoms with van der Waals surface area (Å²) >= 11 is 1.85. The minimum absolute atomic E-state index is 0.448. The summed E-state index contributed by atoms with van der Waals surface area (Å²) in [6.07, 6.45) is 2.76. The molecule has 1 aromatic carbocycles. The van der Waals surface area contributed by atoms with E-state index in [0.29, 0.717) is 6.04 Å². The van der Waals surface area contributed by atoms with Gasteiger partial charge in [-0.25, -0.2) is 0 Å². The van der Waals surface area contributed by atoms with Crippen LogP contribution in [-0.4, -0.2) is 17.5 Å². The fourth-order valence-corrected chi connectivity index (χ4v) is 2.86. The molecule has 2 aliphatic rings. The van der Waals surface area contributed by atoms with E-state index in [1.165, 1.54) is 18.4 Å². The van der Waals surface area contributed by atoms with E-state index in [1.807, 2.05) is 11.8 Å². The molecule has 1 heterocycles. The van der Waals surface area contributed by atoms with E-state index in [2.05, 4.69) is 40.6 Å². The lowest BCUT2D eigenvalue weighted by Crippen LogP contribution is -2.19. The highest BCUT2D eigenvalue weighted by molar-refractivity contribution is 8.14.